The second-order valence-corrected chi connectivity index (χ2v) is 7.44. The van der Waals surface area contributed by atoms with Crippen LogP contribution in [0, 0.1) is 13.8 Å². The fourth-order valence-electron chi connectivity index (χ4n) is 2.73. The van der Waals surface area contributed by atoms with E-state index in [4.69, 9.17) is 16.6 Å². The van der Waals surface area contributed by atoms with Gasteiger partial charge in [0.2, 0.25) is 0 Å². The van der Waals surface area contributed by atoms with Gasteiger partial charge in [0.1, 0.15) is 5.75 Å². The number of phenols is 1. The van der Waals surface area contributed by atoms with E-state index >= 15 is 0 Å². The first-order valence-corrected chi connectivity index (χ1v) is 9.45. The molecule has 6 heteroatoms. The lowest BCUT2D eigenvalue weighted by molar-refractivity contribution is -0.122. The predicted octanol–water partition coefficient (Wildman–Crippen LogP) is 5.29. The highest BCUT2D eigenvalue weighted by Gasteiger charge is 2.32. The first-order valence-electron chi connectivity index (χ1n) is 8.25. The molecular formula is C20H19ClN2O2S. The number of nitrogens with zero attached hydrogens (tertiary/aromatic N) is 2. The van der Waals surface area contributed by atoms with Crippen molar-refractivity contribution in [1.29, 1.82) is 0 Å². The molecule has 0 spiro atoms. The highest BCUT2D eigenvalue weighted by molar-refractivity contribution is 8.18. The van der Waals surface area contributed by atoms with E-state index in [0.717, 1.165) is 16.8 Å². The number of thioether (sulfide) groups is 1. The van der Waals surface area contributed by atoms with Crippen molar-refractivity contribution in [2.75, 3.05) is 6.54 Å². The second-order valence-electron chi connectivity index (χ2n) is 6.00. The number of phenolic OH excluding ortho intramolecular Hbond substituents is 1. The Labute approximate surface area is 162 Å². The summed E-state index contributed by atoms with van der Waals surface area (Å²) in [6, 6.07) is 10.8. The molecule has 0 radical (unpaired) electrons. The lowest BCUT2D eigenvalue weighted by Crippen LogP contribution is -2.28. The molecule has 2 aromatic rings. The van der Waals surface area contributed by atoms with E-state index in [9.17, 15) is 9.90 Å². The molecule has 1 saturated heterocycles. The van der Waals surface area contributed by atoms with E-state index in [1.165, 1.54) is 17.8 Å². The number of likely N-dealkylation sites (N-methyl/N-ethyl adjacent to an activating group) is 1. The monoisotopic (exact) mass is 386 g/mol. The third-order valence-corrected chi connectivity index (χ3v) is 5.37. The van der Waals surface area contributed by atoms with Crippen molar-refractivity contribution >= 4 is 46.2 Å². The van der Waals surface area contributed by atoms with Gasteiger partial charge in [0.15, 0.2) is 5.17 Å². The Morgan fingerprint density at radius 2 is 1.92 bits per heavy atom. The third-order valence-electron chi connectivity index (χ3n) is 4.13. The highest BCUT2D eigenvalue weighted by Crippen LogP contribution is 2.36. The van der Waals surface area contributed by atoms with Crippen LogP contribution in [0.3, 0.4) is 0 Å². The van der Waals surface area contributed by atoms with Gasteiger partial charge in [-0.2, -0.15) is 0 Å². The predicted molar refractivity (Wildman–Crippen MR) is 109 cm³/mol. The van der Waals surface area contributed by atoms with E-state index < -0.39 is 0 Å². The number of rotatable bonds is 3. The molecule has 0 atom stereocenters. The Balaban J connectivity index is 2.02. The van der Waals surface area contributed by atoms with E-state index in [1.807, 2.05) is 39.0 Å². The van der Waals surface area contributed by atoms with Crippen molar-refractivity contribution in [2.45, 2.75) is 20.8 Å². The van der Waals surface area contributed by atoms with Crippen molar-refractivity contribution in [2.24, 2.45) is 4.99 Å². The van der Waals surface area contributed by atoms with E-state index in [1.54, 1.807) is 23.1 Å². The number of aromatic hydroxyl groups is 1. The van der Waals surface area contributed by atoms with Crippen LogP contribution in [0.5, 0.6) is 5.75 Å². The summed E-state index contributed by atoms with van der Waals surface area (Å²) in [5.74, 6) is -0.0413. The van der Waals surface area contributed by atoms with Crippen LogP contribution < -0.4 is 0 Å². The summed E-state index contributed by atoms with van der Waals surface area (Å²) in [6.07, 6.45) is 1.66. The average molecular weight is 387 g/mol. The number of halogens is 1. The molecule has 0 saturated carbocycles. The Morgan fingerprint density at radius 1 is 1.23 bits per heavy atom. The van der Waals surface area contributed by atoms with Crippen LogP contribution in [0.15, 0.2) is 46.3 Å². The van der Waals surface area contributed by atoms with Crippen molar-refractivity contribution in [3.63, 3.8) is 0 Å². The number of hydrogen-bond donors (Lipinski definition) is 1. The molecule has 2 aromatic carbocycles. The highest BCUT2D eigenvalue weighted by atomic mass is 35.5. The quantitative estimate of drug-likeness (QED) is 0.729. The van der Waals surface area contributed by atoms with E-state index in [2.05, 4.69) is 0 Å². The number of aliphatic imine (C=N–C) groups is 1. The molecule has 1 amide bonds. The summed E-state index contributed by atoms with van der Waals surface area (Å²) >= 11 is 7.31. The average Bonchev–Trinajstić information content (AvgIpc) is 2.89. The van der Waals surface area contributed by atoms with Gasteiger partial charge in [-0.15, -0.1) is 0 Å². The van der Waals surface area contributed by atoms with Gasteiger partial charge in [0.25, 0.3) is 5.91 Å². The summed E-state index contributed by atoms with van der Waals surface area (Å²) in [4.78, 5) is 19.6. The zero-order valence-corrected chi connectivity index (χ0v) is 16.4. The number of para-hydroxylation sites is 1. The minimum atomic E-state index is -0.123. The molecule has 1 aliphatic rings. The molecule has 1 heterocycles. The van der Waals surface area contributed by atoms with Crippen LogP contribution in [0.2, 0.25) is 5.02 Å². The number of aryl methyl sites for hydroxylation is 2. The number of carbonyl (C=O) groups is 1. The molecule has 0 bridgehead atoms. The smallest absolute Gasteiger partial charge is 0.266 e. The minimum Gasteiger partial charge on any atom is -0.507 e. The summed E-state index contributed by atoms with van der Waals surface area (Å²) in [5, 5.41) is 11.2. The summed E-state index contributed by atoms with van der Waals surface area (Å²) in [5.41, 5.74) is 3.52. The normalized spacial score (nSPS) is 17.5. The maximum atomic E-state index is 12.7. The molecule has 0 unspecified atom stereocenters. The number of benzene rings is 2. The van der Waals surface area contributed by atoms with Crippen LogP contribution in [-0.4, -0.2) is 27.6 Å². The van der Waals surface area contributed by atoms with Crippen molar-refractivity contribution < 1.29 is 9.90 Å². The maximum absolute atomic E-state index is 12.7. The lowest BCUT2D eigenvalue weighted by Gasteiger charge is -2.13. The SMILES string of the molecule is CCN1C(=O)/C(=C\c2cc(Cl)ccc2O)SC1=Nc1c(C)cccc1C. The third kappa shape index (κ3) is 3.64. The van der Waals surface area contributed by atoms with Crippen LogP contribution in [-0.2, 0) is 4.79 Å². The fourth-order valence-corrected chi connectivity index (χ4v) is 3.95. The van der Waals surface area contributed by atoms with E-state index in [-0.39, 0.29) is 11.7 Å². The molecule has 1 N–H and O–H groups in total. The first-order chi connectivity index (χ1) is 12.4. The van der Waals surface area contributed by atoms with Gasteiger partial charge in [0.05, 0.1) is 10.6 Å². The molecule has 0 aliphatic carbocycles. The fraction of sp³-hybridized carbons (Fsp3) is 0.200. The standard InChI is InChI=1S/C20H19ClN2O2S/c1-4-23-19(25)17(11-14-10-15(21)8-9-16(14)24)26-20(23)22-18-12(2)6-5-7-13(18)3/h5-11,24H,4H2,1-3H3/b17-11+,22-20?. The summed E-state index contributed by atoms with van der Waals surface area (Å²) in [6.45, 7) is 6.45. The minimum absolute atomic E-state index is 0.0819. The number of carbonyl (C=O) groups excluding carboxylic acids is 1. The zero-order valence-electron chi connectivity index (χ0n) is 14.8. The Hall–Kier alpha value is -2.24. The van der Waals surface area contributed by atoms with Crippen molar-refractivity contribution in [3.05, 3.63) is 63.0 Å². The summed E-state index contributed by atoms with van der Waals surface area (Å²) in [7, 11) is 0. The van der Waals surface area contributed by atoms with Crippen molar-refractivity contribution in [3.8, 4) is 5.75 Å². The van der Waals surface area contributed by atoms with Gasteiger partial charge in [-0.1, -0.05) is 29.8 Å². The molecule has 1 fully saturated rings. The van der Waals surface area contributed by atoms with Gasteiger partial charge in [-0.25, -0.2) is 4.99 Å². The summed E-state index contributed by atoms with van der Waals surface area (Å²) < 4.78 is 0. The Kier molecular flexibility index (Phi) is 5.39. The molecule has 26 heavy (non-hydrogen) atoms. The molecular weight excluding hydrogens is 368 g/mol. The molecule has 134 valence electrons. The van der Waals surface area contributed by atoms with Crippen LogP contribution in [0.25, 0.3) is 6.08 Å². The van der Waals surface area contributed by atoms with Gasteiger partial charge < -0.3 is 5.11 Å². The molecule has 1 aliphatic heterocycles. The number of hydrogen-bond acceptors (Lipinski definition) is 4. The first kappa shape index (κ1) is 18.5. The largest absolute Gasteiger partial charge is 0.507 e. The number of amides is 1. The van der Waals surface area contributed by atoms with Crippen LogP contribution in [0.4, 0.5) is 5.69 Å². The Morgan fingerprint density at radius 3 is 2.58 bits per heavy atom. The molecule has 0 aromatic heterocycles. The van der Waals surface area contributed by atoms with E-state index in [0.29, 0.717) is 27.2 Å². The second kappa shape index (κ2) is 7.56. The van der Waals surface area contributed by atoms with Crippen LogP contribution >= 0.6 is 23.4 Å². The van der Waals surface area contributed by atoms with Crippen molar-refractivity contribution in [1.82, 2.24) is 4.90 Å². The maximum Gasteiger partial charge on any atom is 0.266 e. The molecule has 4 nitrogen and oxygen atoms in total. The lowest BCUT2D eigenvalue weighted by atomic mass is 10.1. The van der Waals surface area contributed by atoms with Gasteiger partial charge in [-0.05, 0) is 67.9 Å². The Bertz CT molecular complexity index is 917. The zero-order chi connectivity index (χ0) is 18.8. The van der Waals surface area contributed by atoms with Gasteiger partial charge >= 0.3 is 0 Å². The molecule has 3 rings (SSSR count). The van der Waals surface area contributed by atoms with Gasteiger partial charge in [-0.3, -0.25) is 9.69 Å². The topological polar surface area (TPSA) is 52.9 Å². The van der Waals surface area contributed by atoms with Gasteiger partial charge in [0, 0.05) is 17.1 Å². The van der Waals surface area contributed by atoms with Crippen LogP contribution in [0.1, 0.15) is 23.6 Å². The number of amidine groups is 1.